The highest BCUT2D eigenvalue weighted by Crippen LogP contribution is 2.24. The number of amides is 2. The van der Waals surface area contributed by atoms with E-state index in [1.54, 1.807) is 19.1 Å². The van der Waals surface area contributed by atoms with Crippen LogP contribution < -0.4 is 16.0 Å². The number of nitrogens with zero attached hydrogens (tertiary/aromatic N) is 2. The lowest BCUT2D eigenvalue weighted by molar-refractivity contribution is -0.115. The Bertz CT molecular complexity index is 1310. The topological polar surface area (TPSA) is 107 Å². The zero-order chi connectivity index (χ0) is 24.1. The van der Waals surface area contributed by atoms with Crippen molar-refractivity contribution < 1.29 is 14.0 Å². The Labute approximate surface area is 196 Å². The predicted molar refractivity (Wildman–Crippen MR) is 128 cm³/mol. The number of nitriles is 1. The van der Waals surface area contributed by atoms with E-state index in [1.807, 2.05) is 36.4 Å². The van der Waals surface area contributed by atoms with Crippen molar-refractivity contribution in [2.45, 2.75) is 19.4 Å². The first-order valence-corrected chi connectivity index (χ1v) is 10.7. The molecule has 0 saturated carbocycles. The van der Waals surface area contributed by atoms with Crippen LogP contribution in [0.25, 0.3) is 6.08 Å². The number of halogens is 1. The molecule has 8 heteroatoms. The molecule has 7 nitrogen and oxygen atoms in total. The number of nitrogens with one attached hydrogen (secondary N) is 3. The number of hydrogen-bond donors (Lipinski definition) is 3. The van der Waals surface area contributed by atoms with Crippen LogP contribution in [0.4, 0.5) is 15.9 Å². The van der Waals surface area contributed by atoms with E-state index in [0.29, 0.717) is 18.8 Å². The van der Waals surface area contributed by atoms with E-state index in [1.165, 1.54) is 24.4 Å². The third-order valence-corrected chi connectivity index (χ3v) is 5.44. The first-order valence-electron chi connectivity index (χ1n) is 10.7. The van der Waals surface area contributed by atoms with Crippen molar-refractivity contribution in [1.29, 1.82) is 5.26 Å². The van der Waals surface area contributed by atoms with Crippen molar-refractivity contribution in [2.75, 3.05) is 17.2 Å². The summed E-state index contributed by atoms with van der Waals surface area (Å²) in [5.41, 5.74) is 3.99. The van der Waals surface area contributed by atoms with E-state index in [9.17, 15) is 19.2 Å². The summed E-state index contributed by atoms with van der Waals surface area (Å²) in [6, 6.07) is 14.8. The molecule has 0 fully saturated rings. The molecule has 1 aromatic heterocycles. The van der Waals surface area contributed by atoms with Gasteiger partial charge in [0.15, 0.2) is 0 Å². The minimum Gasteiger partial charge on any atom is -0.366 e. The fourth-order valence-corrected chi connectivity index (χ4v) is 3.64. The van der Waals surface area contributed by atoms with Crippen LogP contribution in [-0.4, -0.2) is 23.3 Å². The van der Waals surface area contributed by atoms with Gasteiger partial charge in [0.1, 0.15) is 17.7 Å². The zero-order valence-electron chi connectivity index (χ0n) is 18.4. The minimum atomic E-state index is -0.401. The van der Waals surface area contributed by atoms with Gasteiger partial charge in [0, 0.05) is 18.4 Å². The molecule has 3 N–H and O–H groups in total. The number of rotatable bonds is 7. The zero-order valence-corrected chi connectivity index (χ0v) is 18.4. The van der Waals surface area contributed by atoms with Crippen LogP contribution >= 0.6 is 0 Å². The maximum atomic E-state index is 13.2. The third kappa shape index (κ3) is 5.27. The van der Waals surface area contributed by atoms with Crippen molar-refractivity contribution in [2.24, 2.45) is 0 Å². The second kappa shape index (κ2) is 9.96. The second-order valence-corrected chi connectivity index (χ2v) is 7.90. The van der Waals surface area contributed by atoms with E-state index < -0.39 is 5.91 Å². The van der Waals surface area contributed by atoms with Crippen LogP contribution in [0.1, 0.15) is 45.6 Å². The molecule has 0 unspecified atom stereocenters. The van der Waals surface area contributed by atoms with Gasteiger partial charge in [-0.25, -0.2) is 9.37 Å². The van der Waals surface area contributed by atoms with Crippen LogP contribution in [0.15, 0.2) is 60.8 Å². The average Bonchev–Trinajstić information content (AvgIpc) is 3.21. The molecule has 1 aliphatic rings. The Morgan fingerprint density at radius 1 is 1.26 bits per heavy atom. The first-order chi connectivity index (χ1) is 16.4. The van der Waals surface area contributed by atoms with Gasteiger partial charge in [-0.05, 0) is 47.9 Å². The highest BCUT2D eigenvalue weighted by atomic mass is 19.1. The molecule has 3 aromatic rings. The van der Waals surface area contributed by atoms with Crippen LogP contribution in [0, 0.1) is 17.1 Å². The van der Waals surface area contributed by atoms with Crippen LogP contribution in [-0.2, 0) is 11.2 Å². The van der Waals surface area contributed by atoms with Gasteiger partial charge in [-0.15, -0.1) is 0 Å². The largest absolute Gasteiger partial charge is 0.366 e. The number of aromatic nitrogens is 1. The van der Waals surface area contributed by atoms with Crippen LogP contribution in [0.5, 0.6) is 0 Å². The summed E-state index contributed by atoms with van der Waals surface area (Å²) in [4.78, 5) is 28.7. The van der Waals surface area contributed by atoms with Gasteiger partial charge < -0.3 is 16.0 Å². The number of anilines is 2. The Morgan fingerprint density at radius 2 is 2.06 bits per heavy atom. The molecule has 0 spiro atoms. The van der Waals surface area contributed by atoms with Gasteiger partial charge in [0.25, 0.3) is 5.91 Å². The van der Waals surface area contributed by atoms with Gasteiger partial charge >= 0.3 is 0 Å². The monoisotopic (exact) mass is 455 g/mol. The molecule has 0 radical (unpaired) electrons. The predicted octanol–water partition coefficient (Wildman–Crippen LogP) is 4.20. The minimum absolute atomic E-state index is 0.00996. The van der Waals surface area contributed by atoms with Crippen molar-refractivity contribution in [1.82, 2.24) is 10.3 Å². The van der Waals surface area contributed by atoms with E-state index in [-0.39, 0.29) is 28.9 Å². The van der Waals surface area contributed by atoms with Crippen molar-refractivity contribution in [3.63, 3.8) is 0 Å². The maximum absolute atomic E-state index is 13.2. The number of carbonyl (C=O) groups excluding carboxylic acids is 2. The smallest absolute Gasteiger partial charge is 0.255 e. The van der Waals surface area contributed by atoms with Gasteiger partial charge in [-0.2, -0.15) is 5.26 Å². The number of fused-ring (bicyclic) bond motifs is 1. The van der Waals surface area contributed by atoms with Gasteiger partial charge in [0.05, 0.1) is 23.6 Å². The maximum Gasteiger partial charge on any atom is 0.255 e. The quantitative estimate of drug-likeness (QED) is 0.495. The number of pyridine rings is 1. The molecule has 4 rings (SSSR count). The molecule has 34 heavy (non-hydrogen) atoms. The molecule has 2 aromatic carbocycles. The molecule has 1 aliphatic heterocycles. The van der Waals surface area contributed by atoms with Crippen LogP contribution in [0.2, 0.25) is 0 Å². The molecule has 1 atom stereocenters. The Kier molecular flexibility index (Phi) is 6.64. The Balaban J connectivity index is 1.44. The highest BCUT2D eigenvalue weighted by Gasteiger charge is 2.18. The Morgan fingerprint density at radius 3 is 2.82 bits per heavy atom. The molecule has 170 valence electrons. The lowest BCUT2D eigenvalue weighted by Gasteiger charge is -2.16. The molecular weight excluding hydrogens is 433 g/mol. The fourth-order valence-electron chi connectivity index (χ4n) is 3.64. The summed E-state index contributed by atoms with van der Waals surface area (Å²) < 4.78 is 13.2. The SMILES string of the molecule is C[C@H](NC(=O)c1cc(C#N)cnc1NC/C=C/c1ccc2c(c1)NC(=O)C2)c1ccc(F)cc1. The lowest BCUT2D eigenvalue weighted by atomic mass is 10.1. The normalized spacial score (nSPS) is 13.1. The summed E-state index contributed by atoms with van der Waals surface area (Å²) >= 11 is 0. The summed E-state index contributed by atoms with van der Waals surface area (Å²) in [5, 5.41) is 18.0. The van der Waals surface area contributed by atoms with Gasteiger partial charge in [0.2, 0.25) is 5.91 Å². The van der Waals surface area contributed by atoms with Crippen molar-refractivity contribution in [3.05, 3.63) is 94.4 Å². The third-order valence-electron chi connectivity index (χ3n) is 5.44. The molecule has 2 amide bonds. The van der Waals surface area contributed by atoms with Crippen LogP contribution in [0.3, 0.4) is 0 Å². The standard InChI is InChI=1S/C26H22FN5O2/c1-16(19-6-8-21(27)9-7-19)31-26(34)22-11-18(14-28)15-30-25(22)29-10-2-3-17-4-5-20-13-24(33)32-23(20)12-17/h2-9,11-12,15-16H,10,13H2,1H3,(H,29,30)(H,31,34)(H,32,33)/b3-2+/t16-/m0/s1. The van der Waals surface area contributed by atoms with E-state index >= 15 is 0 Å². The highest BCUT2D eigenvalue weighted by molar-refractivity contribution is 6.00. The number of hydrogen-bond acceptors (Lipinski definition) is 5. The van der Waals surface area contributed by atoms with Gasteiger partial charge in [-0.3, -0.25) is 9.59 Å². The molecule has 2 heterocycles. The van der Waals surface area contributed by atoms with E-state index in [4.69, 9.17) is 0 Å². The summed E-state index contributed by atoms with van der Waals surface area (Å²) in [7, 11) is 0. The summed E-state index contributed by atoms with van der Waals surface area (Å²) in [6.45, 7) is 2.18. The number of carbonyl (C=O) groups is 2. The van der Waals surface area contributed by atoms with E-state index in [2.05, 4.69) is 20.9 Å². The molecule has 0 saturated heterocycles. The molecular formula is C26H22FN5O2. The second-order valence-electron chi connectivity index (χ2n) is 7.90. The number of benzene rings is 2. The molecule has 0 bridgehead atoms. The first kappa shape index (κ1) is 22.7. The Hall–Kier alpha value is -4.51. The fraction of sp³-hybridized carbons (Fsp3) is 0.154. The van der Waals surface area contributed by atoms with Gasteiger partial charge in [-0.1, -0.05) is 36.4 Å². The summed E-state index contributed by atoms with van der Waals surface area (Å²) in [6.07, 6.45) is 5.57. The lowest BCUT2D eigenvalue weighted by Crippen LogP contribution is -2.28. The molecule has 0 aliphatic carbocycles. The summed E-state index contributed by atoms with van der Waals surface area (Å²) in [5.74, 6) is -0.419. The average molecular weight is 455 g/mol. The van der Waals surface area contributed by atoms with Crippen molar-refractivity contribution in [3.8, 4) is 6.07 Å². The van der Waals surface area contributed by atoms with Crippen molar-refractivity contribution >= 4 is 29.4 Å². The van der Waals surface area contributed by atoms with E-state index in [0.717, 1.165) is 22.4 Å².